The van der Waals surface area contributed by atoms with E-state index in [1.165, 1.54) is 0 Å². The third-order valence-electron chi connectivity index (χ3n) is 4.54. The number of aliphatic hydroxyl groups excluding tert-OH is 1. The number of halogens is 1. The van der Waals surface area contributed by atoms with Crippen molar-refractivity contribution in [2.45, 2.75) is 31.7 Å². The summed E-state index contributed by atoms with van der Waals surface area (Å²) >= 11 is 5.95. The van der Waals surface area contributed by atoms with Crippen LogP contribution in [0, 0.1) is 0 Å². The molecule has 28 heavy (non-hydrogen) atoms. The van der Waals surface area contributed by atoms with Crippen molar-refractivity contribution in [1.29, 1.82) is 0 Å². The van der Waals surface area contributed by atoms with Gasteiger partial charge in [-0.1, -0.05) is 11.6 Å². The largest absolute Gasteiger partial charge is 0.394 e. The molecular weight excluding hydrogens is 380 g/mol. The molecule has 0 bridgehead atoms. The number of carbonyl (C=O) groups is 1. The minimum Gasteiger partial charge on any atom is -0.394 e. The molecule has 2 aromatic heterocycles. The number of tetrazole rings is 1. The standard InChI is InChI=1S/C19H19ClN6O2/c1-11(10-27)22-19(28)14-6-13(17-5-4-15(20)9-21-17)7-16(8-14)26-18(12-2-3-12)23-24-25-26/h4-9,11-12,27H,2-3,10H2,1H3,(H,22,28). The molecule has 9 heteroatoms. The van der Waals surface area contributed by atoms with Gasteiger partial charge in [-0.05, 0) is 60.5 Å². The van der Waals surface area contributed by atoms with Crippen molar-refractivity contribution in [2.75, 3.05) is 6.61 Å². The van der Waals surface area contributed by atoms with Crippen molar-refractivity contribution in [3.05, 3.63) is 52.9 Å². The Hall–Kier alpha value is -2.84. The molecule has 1 fully saturated rings. The molecule has 1 aliphatic rings. The Kier molecular flexibility index (Phi) is 5.06. The highest BCUT2D eigenvalue weighted by Crippen LogP contribution is 2.39. The average Bonchev–Trinajstić information content (AvgIpc) is 3.44. The van der Waals surface area contributed by atoms with E-state index >= 15 is 0 Å². The van der Waals surface area contributed by atoms with Crippen molar-refractivity contribution < 1.29 is 9.90 Å². The van der Waals surface area contributed by atoms with Gasteiger partial charge in [0.05, 0.1) is 23.0 Å². The second kappa shape index (κ2) is 7.65. The summed E-state index contributed by atoms with van der Waals surface area (Å²) in [5.74, 6) is 0.843. The van der Waals surface area contributed by atoms with E-state index in [9.17, 15) is 9.90 Å². The third kappa shape index (κ3) is 3.88. The van der Waals surface area contributed by atoms with Gasteiger partial charge in [-0.25, -0.2) is 0 Å². The number of amides is 1. The number of carbonyl (C=O) groups excluding carboxylic acids is 1. The first kappa shape index (κ1) is 18.5. The first-order valence-corrected chi connectivity index (χ1v) is 9.40. The molecule has 2 N–H and O–H groups in total. The second-order valence-electron chi connectivity index (χ2n) is 6.91. The number of pyridine rings is 1. The molecule has 144 valence electrons. The summed E-state index contributed by atoms with van der Waals surface area (Å²) in [6.45, 7) is 1.59. The van der Waals surface area contributed by atoms with Gasteiger partial charge in [-0.3, -0.25) is 9.78 Å². The fourth-order valence-corrected chi connectivity index (χ4v) is 3.00. The summed E-state index contributed by atoms with van der Waals surface area (Å²) in [5, 5.41) is 24.6. The lowest BCUT2D eigenvalue weighted by Crippen LogP contribution is -2.35. The first-order chi connectivity index (χ1) is 13.5. The average molecular weight is 399 g/mol. The van der Waals surface area contributed by atoms with E-state index in [0.29, 0.717) is 27.9 Å². The molecule has 2 heterocycles. The molecular formula is C19H19ClN6O2. The minimum atomic E-state index is -0.358. The molecule has 4 rings (SSSR count). The zero-order valence-corrected chi connectivity index (χ0v) is 16.0. The maximum absolute atomic E-state index is 12.7. The number of hydrogen-bond acceptors (Lipinski definition) is 6. The van der Waals surface area contributed by atoms with Crippen LogP contribution in [0.3, 0.4) is 0 Å². The highest BCUT2D eigenvalue weighted by Gasteiger charge is 2.30. The smallest absolute Gasteiger partial charge is 0.251 e. The van der Waals surface area contributed by atoms with Crippen molar-refractivity contribution in [3.63, 3.8) is 0 Å². The van der Waals surface area contributed by atoms with Gasteiger partial charge in [0.15, 0.2) is 5.82 Å². The van der Waals surface area contributed by atoms with Crippen LogP contribution in [-0.4, -0.2) is 48.9 Å². The quantitative estimate of drug-likeness (QED) is 0.660. The van der Waals surface area contributed by atoms with E-state index in [-0.39, 0.29) is 18.6 Å². The number of aliphatic hydroxyl groups is 1. The minimum absolute atomic E-state index is 0.143. The Morgan fingerprint density at radius 2 is 2.18 bits per heavy atom. The van der Waals surface area contributed by atoms with Gasteiger partial charge in [-0.15, -0.1) is 5.10 Å². The van der Waals surface area contributed by atoms with Crippen molar-refractivity contribution in [1.82, 2.24) is 30.5 Å². The molecule has 8 nitrogen and oxygen atoms in total. The SMILES string of the molecule is CC(CO)NC(=O)c1cc(-c2ccc(Cl)cn2)cc(-n2nnnc2C2CC2)c1. The Balaban J connectivity index is 1.79. The van der Waals surface area contributed by atoms with Crippen LogP contribution in [0.15, 0.2) is 36.5 Å². The van der Waals surface area contributed by atoms with Gasteiger partial charge >= 0.3 is 0 Å². The molecule has 1 unspecified atom stereocenters. The highest BCUT2D eigenvalue weighted by molar-refractivity contribution is 6.30. The van der Waals surface area contributed by atoms with Crippen LogP contribution >= 0.6 is 11.6 Å². The number of aromatic nitrogens is 5. The predicted molar refractivity (Wildman–Crippen MR) is 103 cm³/mol. The molecule has 1 aliphatic carbocycles. The van der Waals surface area contributed by atoms with Gasteiger partial charge in [0, 0.05) is 29.3 Å². The van der Waals surface area contributed by atoms with E-state index in [1.807, 2.05) is 6.07 Å². The molecule has 0 radical (unpaired) electrons. The van der Waals surface area contributed by atoms with E-state index in [0.717, 1.165) is 24.2 Å². The Bertz CT molecular complexity index is 1000. The zero-order valence-electron chi connectivity index (χ0n) is 15.2. The van der Waals surface area contributed by atoms with Crippen LogP contribution < -0.4 is 5.32 Å². The molecule has 0 aliphatic heterocycles. The summed E-state index contributed by atoms with van der Waals surface area (Å²) in [5.41, 5.74) is 2.54. The monoisotopic (exact) mass is 398 g/mol. The summed E-state index contributed by atoms with van der Waals surface area (Å²) in [4.78, 5) is 17.0. The lowest BCUT2D eigenvalue weighted by molar-refractivity contribution is 0.0922. The molecule has 1 aromatic carbocycles. The van der Waals surface area contributed by atoms with Gasteiger partial charge < -0.3 is 10.4 Å². The van der Waals surface area contributed by atoms with Gasteiger partial charge in [0.1, 0.15) is 0 Å². The second-order valence-corrected chi connectivity index (χ2v) is 7.35. The van der Waals surface area contributed by atoms with Crippen LogP contribution in [0.5, 0.6) is 0 Å². The Morgan fingerprint density at radius 3 is 2.86 bits per heavy atom. The third-order valence-corrected chi connectivity index (χ3v) is 4.76. The van der Waals surface area contributed by atoms with E-state index in [2.05, 4.69) is 25.8 Å². The molecule has 0 spiro atoms. The number of rotatable bonds is 6. The number of benzene rings is 1. The highest BCUT2D eigenvalue weighted by atomic mass is 35.5. The number of hydrogen-bond donors (Lipinski definition) is 2. The van der Waals surface area contributed by atoms with Gasteiger partial charge in [-0.2, -0.15) is 4.68 Å². The maximum Gasteiger partial charge on any atom is 0.251 e. The zero-order chi connectivity index (χ0) is 19.7. The van der Waals surface area contributed by atoms with Crippen LogP contribution in [0.1, 0.15) is 41.9 Å². The van der Waals surface area contributed by atoms with Gasteiger partial charge in [0.25, 0.3) is 5.91 Å². The summed E-state index contributed by atoms with van der Waals surface area (Å²) in [6.07, 6.45) is 3.67. The molecule has 1 saturated carbocycles. The van der Waals surface area contributed by atoms with Crippen molar-refractivity contribution >= 4 is 17.5 Å². The fourth-order valence-electron chi connectivity index (χ4n) is 2.89. The van der Waals surface area contributed by atoms with E-state index in [1.54, 1.807) is 42.1 Å². The summed E-state index contributed by atoms with van der Waals surface area (Å²) < 4.78 is 1.67. The van der Waals surface area contributed by atoms with Crippen LogP contribution in [0.2, 0.25) is 5.02 Å². The van der Waals surface area contributed by atoms with E-state index < -0.39 is 0 Å². The van der Waals surface area contributed by atoms with Crippen LogP contribution in [-0.2, 0) is 0 Å². The number of nitrogens with zero attached hydrogens (tertiary/aromatic N) is 5. The van der Waals surface area contributed by atoms with Crippen molar-refractivity contribution in [3.8, 4) is 16.9 Å². The molecule has 3 aromatic rings. The lowest BCUT2D eigenvalue weighted by Gasteiger charge is -2.13. The Labute approximate surface area is 166 Å². The maximum atomic E-state index is 12.7. The molecule has 0 saturated heterocycles. The summed E-state index contributed by atoms with van der Waals surface area (Å²) in [7, 11) is 0. The fraction of sp³-hybridized carbons (Fsp3) is 0.316. The van der Waals surface area contributed by atoms with Crippen LogP contribution in [0.4, 0.5) is 0 Å². The Morgan fingerprint density at radius 1 is 1.36 bits per heavy atom. The number of nitrogens with one attached hydrogen (secondary N) is 1. The molecule has 1 atom stereocenters. The van der Waals surface area contributed by atoms with Crippen molar-refractivity contribution in [2.24, 2.45) is 0 Å². The predicted octanol–water partition coefficient (Wildman–Crippen LogP) is 2.37. The lowest BCUT2D eigenvalue weighted by atomic mass is 10.0. The summed E-state index contributed by atoms with van der Waals surface area (Å²) in [6, 6.07) is 8.56. The van der Waals surface area contributed by atoms with E-state index in [4.69, 9.17) is 11.6 Å². The van der Waals surface area contributed by atoms with Gasteiger partial charge in [0.2, 0.25) is 0 Å². The van der Waals surface area contributed by atoms with Crippen LogP contribution in [0.25, 0.3) is 16.9 Å². The topological polar surface area (TPSA) is 106 Å². The first-order valence-electron chi connectivity index (χ1n) is 9.02. The normalized spacial score (nSPS) is 14.7. The molecule has 1 amide bonds.